The maximum absolute atomic E-state index is 15.0. The average molecular weight is 488 g/mol. The van der Waals surface area contributed by atoms with E-state index in [0.29, 0.717) is 41.1 Å². The van der Waals surface area contributed by atoms with Crippen molar-refractivity contribution < 1.29 is 26.3 Å². The van der Waals surface area contributed by atoms with Crippen molar-refractivity contribution in [3.8, 4) is 16.9 Å². The molecule has 4 aromatic rings. The van der Waals surface area contributed by atoms with Gasteiger partial charge in [0.1, 0.15) is 17.4 Å². The Balaban J connectivity index is 1.65. The van der Waals surface area contributed by atoms with Gasteiger partial charge in [0.05, 0.1) is 23.6 Å². The Labute approximate surface area is 193 Å². The summed E-state index contributed by atoms with van der Waals surface area (Å²) in [5, 5.41) is 3.12. The maximum Gasteiger partial charge on any atom is 0.387 e. The van der Waals surface area contributed by atoms with Gasteiger partial charge in [-0.2, -0.15) is 8.78 Å². The Morgan fingerprint density at radius 1 is 1.18 bits per heavy atom. The minimum Gasteiger partial charge on any atom is -0.434 e. The van der Waals surface area contributed by atoms with Gasteiger partial charge in [0, 0.05) is 41.8 Å². The smallest absolute Gasteiger partial charge is 0.387 e. The number of sulfone groups is 1. The van der Waals surface area contributed by atoms with Gasteiger partial charge < -0.3 is 14.6 Å². The highest BCUT2D eigenvalue weighted by molar-refractivity contribution is 7.90. The van der Waals surface area contributed by atoms with Crippen LogP contribution in [0, 0.1) is 5.82 Å². The van der Waals surface area contributed by atoms with Crippen LogP contribution in [0.3, 0.4) is 0 Å². The van der Waals surface area contributed by atoms with E-state index in [1.165, 1.54) is 30.5 Å². The number of ether oxygens (including phenoxy) is 1. The van der Waals surface area contributed by atoms with E-state index in [1.54, 1.807) is 24.3 Å². The second-order valence-corrected chi connectivity index (χ2v) is 9.90. The Kier molecular flexibility index (Phi) is 5.53. The molecular formula is C23H19F3N4O3S. The minimum absolute atomic E-state index is 0.0573. The molecule has 0 aliphatic carbocycles. The first-order valence-electron chi connectivity index (χ1n) is 10.3. The van der Waals surface area contributed by atoms with E-state index >= 15 is 4.39 Å². The molecule has 5 rings (SSSR count). The summed E-state index contributed by atoms with van der Waals surface area (Å²) >= 11 is 0. The summed E-state index contributed by atoms with van der Waals surface area (Å²) in [6, 6.07) is 11.9. The minimum atomic E-state index is -3.49. The van der Waals surface area contributed by atoms with E-state index in [2.05, 4.69) is 15.3 Å². The number of para-hydroxylation sites is 1. The number of rotatable bonds is 5. The summed E-state index contributed by atoms with van der Waals surface area (Å²) in [6.07, 6.45) is 2.35. The molecule has 1 N–H and O–H groups in total. The van der Waals surface area contributed by atoms with E-state index in [-0.39, 0.29) is 16.3 Å². The van der Waals surface area contributed by atoms with E-state index in [0.717, 1.165) is 6.26 Å². The van der Waals surface area contributed by atoms with Crippen LogP contribution in [0.2, 0.25) is 0 Å². The first-order valence-corrected chi connectivity index (χ1v) is 12.2. The molecule has 1 aliphatic rings. The number of fused-ring (bicyclic) bond motifs is 3. The molecule has 3 heterocycles. The van der Waals surface area contributed by atoms with Gasteiger partial charge in [0.15, 0.2) is 14.9 Å². The third-order valence-corrected chi connectivity index (χ3v) is 6.71. The van der Waals surface area contributed by atoms with Crippen LogP contribution in [-0.2, 0) is 16.4 Å². The van der Waals surface area contributed by atoms with E-state index in [4.69, 9.17) is 4.74 Å². The zero-order valence-corrected chi connectivity index (χ0v) is 18.7. The van der Waals surface area contributed by atoms with Crippen LogP contribution in [-0.4, -0.2) is 42.4 Å². The van der Waals surface area contributed by atoms with Crippen molar-refractivity contribution in [2.75, 3.05) is 12.8 Å². The van der Waals surface area contributed by atoms with Crippen LogP contribution in [0.1, 0.15) is 17.4 Å². The summed E-state index contributed by atoms with van der Waals surface area (Å²) < 4.78 is 71.1. The van der Waals surface area contributed by atoms with Crippen molar-refractivity contribution in [3.05, 3.63) is 71.9 Å². The van der Waals surface area contributed by atoms with Crippen LogP contribution < -0.4 is 10.1 Å². The number of benzene rings is 2. The number of pyridine rings is 1. The fourth-order valence-electron chi connectivity index (χ4n) is 4.24. The van der Waals surface area contributed by atoms with Gasteiger partial charge in [0.2, 0.25) is 0 Å². The lowest BCUT2D eigenvalue weighted by molar-refractivity contribution is -0.0507. The fraction of sp³-hybridized carbons (Fsp3) is 0.217. The normalized spacial score (nSPS) is 16.1. The molecule has 176 valence electrons. The summed E-state index contributed by atoms with van der Waals surface area (Å²) in [4.78, 5) is 8.49. The van der Waals surface area contributed by atoms with E-state index in [9.17, 15) is 17.2 Å². The Morgan fingerprint density at radius 3 is 2.68 bits per heavy atom. The molecule has 2 aromatic carbocycles. The predicted molar refractivity (Wildman–Crippen MR) is 119 cm³/mol. The van der Waals surface area contributed by atoms with Crippen LogP contribution in [0.5, 0.6) is 5.75 Å². The third kappa shape index (κ3) is 4.01. The molecule has 0 amide bonds. The standard InChI is InChI=1S/C23H19F3N4O3S/c1-34(31,32)22-7-6-13(10-28-22)15-8-18-17(9-16(15)24)29-21-12-27-11-19(30(18)21)14-4-2-3-5-20(14)33-23(25)26/h2-10,19,23,27H,11-12H2,1H3/t19-/m1/s1. The number of imidazole rings is 1. The molecule has 11 heteroatoms. The molecule has 0 spiro atoms. The highest BCUT2D eigenvalue weighted by Crippen LogP contribution is 2.36. The number of hydrogen-bond acceptors (Lipinski definition) is 6. The lowest BCUT2D eigenvalue weighted by atomic mass is 10.0. The van der Waals surface area contributed by atoms with Crippen LogP contribution in [0.4, 0.5) is 13.2 Å². The summed E-state index contributed by atoms with van der Waals surface area (Å²) in [7, 11) is -3.49. The van der Waals surface area contributed by atoms with Crippen LogP contribution in [0.15, 0.2) is 59.8 Å². The summed E-state index contributed by atoms with van der Waals surface area (Å²) in [5.74, 6) is 0.143. The summed E-state index contributed by atoms with van der Waals surface area (Å²) in [5.41, 5.74) is 2.18. The fourth-order valence-corrected chi connectivity index (χ4v) is 4.80. The molecule has 0 radical (unpaired) electrons. The molecule has 7 nitrogen and oxygen atoms in total. The second kappa shape index (κ2) is 8.41. The molecule has 34 heavy (non-hydrogen) atoms. The SMILES string of the molecule is CS(=O)(=O)c1ccc(-c2cc3c(cc2F)nc2n3[C@@H](c3ccccc3OC(F)F)CNC2)cn1. The number of nitrogens with one attached hydrogen (secondary N) is 1. The predicted octanol–water partition coefficient (Wildman–Crippen LogP) is 3.93. The molecule has 0 saturated heterocycles. The molecule has 0 unspecified atom stereocenters. The van der Waals surface area contributed by atoms with E-state index in [1.807, 2.05) is 4.57 Å². The monoisotopic (exact) mass is 488 g/mol. The molecular weight excluding hydrogens is 469 g/mol. The Morgan fingerprint density at radius 2 is 1.97 bits per heavy atom. The van der Waals surface area contributed by atoms with Gasteiger partial charge in [0.25, 0.3) is 0 Å². The molecule has 0 saturated carbocycles. The largest absolute Gasteiger partial charge is 0.434 e. The van der Waals surface area contributed by atoms with Crippen molar-refractivity contribution in [2.45, 2.75) is 24.2 Å². The summed E-state index contributed by atoms with van der Waals surface area (Å²) in [6.45, 7) is -2.12. The Hall–Kier alpha value is -3.44. The van der Waals surface area contributed by atoms with Crippen molar-refractivity contribution in [1.82, 2.24) is 19.9 Å². The van der Waals surface area contributed by atoms with Gasteiger partial charge in [-0.05, 0) is 24.3 Å². The van der Waals surface area contributed by atoms with Crippen molar-refractivity contribution >= 4 is 20.9 Å². The number of aromatic nitrogens is 3. The second-order valence-electron chi connectivity index (χ2n) is 7.94. The van der Waals surface area contributed by atoms with E-state index < -0.39 is 28.3 Å². The molecule has 1 aliphatic heterocycles. The molecule has 1 atom stereocenters. The third-order valence-electron chi connectivity index (χ3n) is 5.71. The quantitative estimate of drug-likeness (QED) is 0.458. The van der Waals surface area contributed by atoms with Gasteiger partial charge in [-0.1, -0.05) is 18.2 Å². The van der Waals surface area contributed by atoms with Gasteiger partial charge in [-0.15, -0.1) is 0 Å². The van der Waals surface area contributed by atoms with Crippen molar-refractivity contribution in [1.29, 1.82) is 0 Å². The zero-order chi connectivity index (χ0) is 24.0. The lowest BCUT2D eigenvalue weighted by Gasteiger charge is -2.28. The first kappa shape index (κ1) is 22.4. The topological polar surface area (TPSA) is 86.1 Å². The number of nitrogens with zero attached hydrogens (tertiary/aromatic N) is 3. The molecule has 0 bridgehead atoms. The zero-order valence-electron chi connectivity index (χ0n) is 17.9. The van der Waals surface area contributed by atoms with Crippen molar-refractivity contribution in [2.24, 2.45) is 0 Å². The van der Waals surface area contributed by atoms with Crippen molar-refractivity contribution in [3.63, 3.8) is 0 Å². The maximum atomic E-state index is 15.0. The van der Waals surface area contributed by atoms with Crippen LogP contribution in [0.25, 0.3) is 22.2 Å². The number of alkyl halides is 2. The first-order chi connectivity index (χ1) is 16.2. The average Bonchev–Trinajstić information content (AvgIpc) is 3.15. The lowest BCUT2D eigenvalue weighted by Crippen LogP contribution is -2.34. The van der Waals surface area contributed by atoms with Gasteiger partial charge in [-0.25, -0.2) is 22.8 Å². The van der Waals surface area contributed by atoms with Gasteiger partial charge in [-0.3, -0.25) is 0 Å². The highest BCUT2D eigenvalue weighted by Gasteiger charge is 2.28. The number of halogens is 3. The number of hydrogen-bond donors (Lipinski definition) is 1. The Bertz CT molecular complexity index is 1490. The molecule has 2 aromatic heterocycles. The van der Waals surface area contributed by atoms with Crippen LogP contribution >= 0.6 is 0 Å². The van der Waals surface area contributed by atoms with Gasteiger partial charge >= 0.3 is 6.61 Å². The molecule has 0 fully saturated rings. The highest BCUT2D eigenvalue weighted by atomic mass is 32.2.